The maximum Gasteiger partial charge on any atom is 0.220 e. The Balaban J connectivity index is 3.43. The van der Waals surface area contributed by atoms with E-state index in [2.05, 4.69) is 55.7 Å². The van der Waals surface area contributed by atoms with Crippen molar-refractivity contribution in [2.75, 3.05) is 6.54 Å². The van der Waals surface area contributed by atoms with Crippen LogP contribution in [0.3, 0.4) is 0 Å². The number of hydrogen-bond acceptors (Lipinski definition) is 2. The van der Waals surface area contributed by atoms with E-state index in [-0.39, 0.29) is 17.9 Å². The predicted octanol–water partition coefficient (Wildman–Crippen LogP) is 11.3. The van der Waals surface area contributed by atoms with E-state index in [1.165, 1.54) is 116 Å². The van der Waals surface area contributed by atoms with E-state index in [0.29, 0.717) is 12.8 Å². The molecule has 0 saturated carbocycles. The summed E-state index contributed by atoms with van der Waals surface area (Å²) in [6, 6.07) is 0.216. The Morgan fingerprint density at radius 3 is 1.55 bits per heavy atom. The molecule has 0 fully saturated rings. The molecular weight excluding hydrogens is 516 g/mol. The number of carbonyl (C=O) groups excluding carboxylic acids is 2. The molecule has 246 valence electrons. The lowest BCUT2D eigenvalue weighted by molar-refractivity contribution is -0.122. The maximum absolute atomic E-state index is 12.2. The van der Waals surface area contributed by atoms with Crippen LogP contribution in [0.25, 0.3) is 0 Å². The van der Waals surface area contributed by atoms with Gasteiger partial charge in [-0.05, 0) is 71.1 Å². The average molecular weight is 589 g/mol. The first-order valence-corrected chi connectivity index (χ1v) is 18.5. The molecule has 4 heteroatoms. The van der Waals surface area contributed by atoms with Gasteiger partial charge >= 0.3 is 0 Å². The third-order valence-corrected chi connectivity index (χ3v) is 8.16. The van der Waals surface area contributed by atoms with Crippen LogP contribution in [0.1, 0.15) is 194 Å². The Kier molecular flexibility index (Phi) is 32.6. The van der Waals surface area contributed by atoms with Crippen LogP contribution in [0.2, 0.25) is 0 Å². The fraction of sp³-hybridized carbons (Fsp3) is 0.842. The van der Waals surface area contributed by atoms with Crippen molar-refractivity contribution in [2.45, 2.75) is 200 Å². The number of rotatable bonds is 32. The number of allylic oxidation sites excluding steroid dienone is 4. The quantitative estimate of drug-likeness (QED) is 0.0606. The summed E-state index contributed by atoms with van der Waals surface area (Å²) in [4.78, 5) is 24.3. The minimum absolute atomic E-state index is 0.189. The van der Waals surface area contributed by atoms with E-state index in [4.69, 9.17) is 0 Å². The van der Waals surface area contributed by atoms with Crippen LogP contribution in [0.4, 0.5) is 0 Å². The topological polar surface area (TPSA) is 58.2 Å². The summed E-state index contributed by atoms with van der Waals surface area (Å²) in [5, 5.41) is 6.22. The number of amides is 2. The first-order chi connectivity index (χ1) is 20.6. The standard InChI is InChI=1S/C38H72N2O2/c1-4-6-8-10-12-14-16-17-18-19-21-22-24-26-28-33-37(41)39-35-31-30-32-36(3)40-38(42)34-29-27-25-23-20-15-13-11-9-7-5-2/h12,14,17-18,36H,4-11,13,15-16,19-35H2,1-3H3,(H,39,41)(H,40,42)/b14-12-,18-17-/t36-/m1/s1. The molecule has 1 atom stereocenters. The zero-order valence-electron chi connectivity index (χ0n) is 28.5. The molecule has 0 unspecified atom stereocenters. The molecule has 0 aromatic carbocycles. The van der Waals surface area contributed by atoms with Crippen LogP contribution in [0.15, 0.2) is 24.3 Å². The molecule has 42 heavy (non-hydrogen) atoms. The van der Waals surface area contributed by atoms with Gasteiger partial charge in [0.2, 0.25) is 11.8 Å². The molecule has 0 heterocycles. The van der Waals surface area contributed by atoms with Gasteiger partial charge in [0.1, 0.15) is 0 Å². The van der Waals surface area contributed by atoms with Gasteiger partial charge in [-0.15, -0.1) is 0 Å². The Hall–Kier alpha value is -1.58. The molecule has 0 radical (unpaired) electrons. The molecule has 0 aromatic heterocycles. The van der Waals surface area contributed by atoms with Crippen molar-refractivity contribution in [3.8, 4) is 0 Å². The summed E-state index contributed by atoms with van der Waals surface area (Å²) < 4.78 is 0. The van der Waals surface area contributed by atoms with Gasteiger partial charge < -0.3 is 10.6 Å². The number of nitrogens with one attached hydrogen (secondary N) is 2. The molecule has 2 amide bonds. The lowest BCUT2D eigenvalue weighted by Gasteiger charge is -2.14. The minimum Gasteiger partial charge on any atom is -0.356 e. The fourth-order valence-corrected chi connectivity index (χ4v) is 5.36. The second kappa shape index (κ2) is 33.9. The fourth-order valence-electron chi connectivity index (χ4n) is 5.36. The third-order valence-electron chi connectivity index (χ3n) is 8.16. The first-order valence-electron chi connectivity index (χ1n) is 18.5. The Morgan fingerprint density at radius 1 is 0.524 bits per heavy atom. The van der Waals surface area contributed by atoms with Crippen LogP contribution >= 0.6 is 0 Å². The summed E-state index contributed by atoms with van der Waals surface area (Å²) in [5.74, 6) is 0.387. The zero-order chi connectivity index (χ0) is 30.8. The second-order valence-electron chi connectivity index (χ2n) is 12.6. The van der Waals surface area contributed by atoms with Crippen LogP contribution in [-0.4, -0.2) is 24.4 Å². The van der Waals surface area contributed by atoms with E-state index < -0.39 is 0 Å². The van der Waals surface area contributed by atoms with E-state index in [9.17, 15) is 9.59 Å². The smallest absolute Gasteiger partial charge is 0.220 e. The van der Waals surface area contributed by atoms with Gasteiger partial charge in [-0.2, -0.15) is 0 Å². The van der Waals surface area contributed by atoms with Crippen LogP contribution in [0, 0.1) is 0 Å². The molecule has 0 spiro atoms. The van der Waals surface area contributed by atoms with E-state index in [1.807, 2.05) is 0 Å². The van der Waals surface area contributed by atoms with Gasteiger partial charge in [0.05, 0.1) is 0 Å². The summed E-state index contributed by atoms with van der Waals surface area (Å²) in [6.07, 6.45) is 41.2. The van der Waals surface area contributed by atoms with E-state index in [0.717, 1.165) is 51.5 Å². The van der Waals surface area contributed by atoms with Crippen LogP contribution < -0.4 is 10.6 Å². The highest BCUT2D eigenvalue weighted by molar-refractivity contribution is 5.76. The average Bonchev–Trinajstić information content (AvgIpc) is 2.97. The Bertz CT molecular complexity index is 643. The Labute approximate surface area is 262 Å². The molecule has 4 nitrogen and oxygen atoms in total. The van der Waals surface area contributed by atoms with Crippen molar-refractivity contribution >= 4 is 11.8 Å². The highest BCUT2D eigenvalue weighted by Gasteiger charge is 2.07. The monoisotopic (exact) mass is 589 g/mol. The van der Waals surface area contributed by atoms with Gasteiger partial charge in [0.15, 0.2) is 0 Å². The largest absolute Gasteiger partial charge is 0.356 e. The third kappa shape index (κ3) is 32.9. The lowest BCUT2D eigenvalue weighted by Crippen LogP contribution is -2.32. The summed E-state index contributed by atoms with van der Waals surface area (Å²) in [6.45, 7) is 7.36. The Morgan fingerprint density at radius 2 is 0.976 bits per heavy atom. The normalized spacial score (nSPS) is 12.4. The van der Waals surface area contributed by atoms with Gasteiger partial charge in [0, 0.05) is 25.4 Å². The lowest BCUT2D eigenvalue weighted by atomic mass is 10.0. The van der Waals surface area contributed by atoms with Gasteiger partial charge in [0.25, 0.3) is 0 Å². The molecule has 2 N–H and O–H groups in total. The molecule has 0 aliphatic heterocycles. The van der Waals surface area contributed by atoms with Crippen molar-refractivity contribution in [1.82, 2.24) is 10.6 Å². The van der Waals surface area contributed by atoms with Crippen molar-refractivity contribution in [1.29, 1.82) is 0 Å². The van der Waals surface area contributed by atoms with Gasteiger partial charge in [-0.1, -0.05) is 134 Å². The van der Waals surface area contributed by atoms with E-state index >= 15 is 0 Å². The van der Waals surface area contributed by atoms with Crippen LogP contribution in [-0.2, 0) is 9.59 Å². The highest BCUT2D eigenvalue weighted by atomic mass is 16.2. The zero-order valence-corrected chi connectivity index (χ0v) is 28.5. The molecule has 0 aliphatic rings. The summed E-state index contributed by atoms with van der Waals surface area (Å²) in [5.41, 5.74) is 0. The molecule has 0 aromatic rings. The van der Waals surface area contributed by atoms with Crippen molar-refractivity contribution in [3.05, 3.63) is 24.3 Å². The van der Waals surface area contributed by atoms with Gasteiger partial charge in [-0.3, -0.25) is 9.59 Å². The van der Waals surface area contributed by atoms with Crippen molar-refractivity contribution in [3.63, 3.8) is 0 Å². The maximum atomic E-state index is 12.2. The second-order valence-corrected chi connectivity index (χ2v) is 12.6. The molecule has 0 rings (SSSR count). The van der Waals surface area contributed by atoms with Crippen molar-refractivity contribution in [2.24, 2.45) is 0 Å². The number of hydrogen-bond donors (Lipinski definition) is 2. The SMILES string of the molecule is CCCCC/C=C\C/C=C\CCCCCCCC(=O)NCCCC[C@@H](C)NC(=O)CCCCCCCCCCCCC. The predicted molar refractivity (Wildman–Crippen MR) is 185 cm³/mol. The van der Waals surface area contributed by atoms with Crippen LogP contribution in [0.5, 0.6) is 0 Å². The molecular formula is C38H72N2O2. The van der Waals surface area contributed by atoms with Gasteiger partial charge in [-0.25, -0.2) is 0 Å². The molecule has 0 aliphatic carbocycles. The summed E-state index contributed by atoms with van der Waals surface area (Å²) >= 11 is 0. The number of carbonyl (C=O) groups is 2. The number of unbranched alkanes of at least 4 members (excludes halogenated alkanes) is 19. The summed E-state index contributed by atoms with van der Waals surface area (Å²) in [7, 11) is 0. The minimum atomic E-state index is 0.189. The molecule has 0 saturated heterocycles. The van der Waals surface area contributed by atoms with Crippen molar-refractivity contribution < 1.29 is 9.59 Å². The van der Waals surface area contributed by atoms with E-state index in [1.54, 1.807) is 0 Å². The molecule has 0 bridgehead atoms. The highest BCUT2D eigenvalue weighted by Crippen LogP contribution is 2.12. The first kappa shape index (κ1) is 40.4.